The van der Waals surface area contributed by atoms with Crippen LogP contribution < -0.4 is 20.3 Å². The van der Waals surface area contributed by atoms with Gasteiger partial charge in [0.25, 0.3) is 11.8 Å². The molecule has 4 rings (SSSR count). The summed E-state index contributed by atoms with van der Waals surface area (Å²) in [7, 11) is 1.49. The van der Waals surface area contributed by atoms with Gasteiger partial charge in [-0.2, -0.15) is 0 Å². The molecule has 0 bridgehead atoms. The number of para-hydroxylation sites is 2. The maximum Gasteiger partial charge on any atom is 0.287 e. The topological polar surface area (TPSA) is 114 Å². The van der Waals surface area contributed by atoms with Gasteiger partial charge in [-0.1, -0.05) is 25.0 Å². The van der Waals surface area contributed by atoms with E-state index in [4.69, 9.17) is 13.6 Å². The number of ether oxygens (including phenoxy) is 1. The van der Waals surface area contributed by atoms with Crippen LogP contribution in [0.2, 0.25) is 0 Å². The number of hydrogen-bond acceptors (Lipinski definition) is 6. The fourth-order valence-electron chi connectivity index (χ4n) is 4.15. The maximum atomic E-state index is 13.6. The molecular weight excluding hydrogens is 438 g/mol. The molecule has 1 aliphatic rings. The number of nitrogens with zero attached hydrogens (tertiary/aromatic N) is 1. The van der Waals surface area contributed by atoms with Crippen LogP contribution in [0.5, 0.6) is 5.75 Å². The third-order valence-corrected chi connectivity index (χ3v) is 5.78. The second kappa shape index (κ2) is 10.7. The lowest BCUT2D eigenvalue weighted by atomic mass is 10.1. The van der Waals surface area contributed by atoms with Gasteiger partial charge in [-0.15, -0.1) is 0 Å². The van der Waals surface area contributed by atoms with Gasteiger partial charge in [0.15, 0.2) is 11.8 Å². The van der Waals surface area contributed by atoms with E-state index in [9.17, 15) is 14.4 Å². The van der Waals surface area contributed by atoms with Crippen molar-refractivity contribution in [2.24, 2.45) is 0 Å². The number of furan rings is 2. The van der Waals surface area contributed by atoms with Crippen molar-refractivity contribution in [2.45, 2.75) is 37.8 Å². The Bertz CT molecular complexity index is 1100. The number of hydrogen-bond donors (Lipinski definition) is 2. The zero-order valence-electron chi connectivity index (χ0n) is 18.9. The molecule has 2 N–H and O–H groups in total. The molecule has 1 fully saturated rings. The minimum atomic E-state index is -1.10. The second-order valence-corrected chi connectivity index (χ2v) is 8.00. The predicted molar refractivity (Wildman–Crippen MR) is 123 cm³/mol. The monoisotopic (exact) mass is 465 g/mol. The summed E-state index contributed by atoms with van der Waals surface area (Å²) in [5.74, 6) is -0.641. The van der Waals surface area contributed by atoms with Gasteiger partial charge in [-0.05, 0) is 49.2 Å². The summed E-state index contributed by atoms with van der Waals surface area (Å²) >= 11 is 0. The first-order valence-electron chi connectivity index (χ1n) is 11.2. The van der Waals surface area contributed by atoms with Crippen molar-refractivity contribution in [3.8, 4) is 5.75 Å². The largest absolute Gasteiger partial charge is 0.495 e. The van der Waals surface area contributed by atoms with Crippen molar-refractivity contribution < 1.29 is 28.0 Å². The summed E-state index contributed by atoms with van der Waals surface area (Å²) in [5.41, 5.74) is 0.380. The van der Waals surface area contributed by atoms with Gasteiger partial charge >= 0.3 is 0 Å². The average Bonchev–Trinajstić information content (AvgIpc) is 3.64. The highest BCUT2D eigenvalue weighted by molar-refractivity contribution is 6.04. The first kappa shape index (κ1) is 23.2. The standard InChI is InChI=1S/C25H27N3O6/c1-32-19-11-5-4-10-18(19)28(22(29)16-26-24(30)21-13-7-15-34-21)23(20-12-6-14-33-20)25(31)27-17-8-2-3-9-17/h4-7,10-15,17,23H,2-3,8-9,16H2,1H3,(H,26,30)(H,27,31)/t23-/m0/s1. The molecule has 178 valence electrons. The van der Waals surface area contributed by atoms with Gasteiger partial charge in [-0.25, -0.2) is 0 Å². The predicted octanol–water partition coefficient (Wildman–Crippen LogP) is 3.44. The lowest BCUT2D eigenvalue weighted by molar-refractivity contribution is -0.127. The summed E-state index contributed by atoms with van der Waals surface area (Å²) in [6.07, 6.45) is 6.69. The van der Waals surface area contributed by atoms with Crippen LogP contribution in [0.15, 0.2) is 69.9 Å². The average molecular weight is 466 g/mol. The van der Waals surface area contributed by atoms with E-state index in [0.717, 1.165) is 25.7 Å². The lowest BCUT2D eigenvalue weighted by Crippen LogP contribution is -2.49. The molecule has 1 aromatic carbocycles. The van der Waals surface area contributed by atoms with Crippen molar-refractivity contribution in [2.75, 3.05) is 18.6 Å². The molecule has 9 nitrogen and oxygen atoms in total. The number of rotatable bonds is 9. The van der Waals surface area contributed by atoms with Crippen LogP contribution >= 0.6 is 0 Å². The van der Waals surface area contributed by atoms with Crippen molar-refractivity contribution >= 4 is 23.4 Å². The Balaban J connectivity index is 1.67. The SMILES string of the molecule is COc1ccccc1N(C(=O)CNC(=O)c1ccco1)[C@H](C(=O)NC1CCCC1)c1ccco1. The quantitative estimate of drug-likeness (QED) is 0.500. The van der Waals surface area contributed by atoms with Gasteiger partial charge in [0, 0.05) is 6.04 Å². The van der Waals surface area contributed by atoms with Crippen LogP contribution in [0.4, 0.5) is 5.69 Å². The molecule has 2 heterocycles. The van der Waals surface area contributed by atoms with Crippen LogP contribution in [0.25, 0.3) is 0 Å². The fourth-order valence-corrected chi connectivity index (χ4v) is 4.15. The molecule has 3 aromatic rings. The summed E-state index contributed by atoms with van der Waals surface area (Å²) in [5, 5.41) is 5.62. The Kier molecular flexibility index (Phi) is 7.31. The molecule has 1 atom stereocenters. The van der Waals surface area contributed by atoms with Gasteiger partial charge in [-0.3, -0.25) is 19.3 Å². The Morgan fingerprint density at radius 2 is 1.76 bits per heavy atom. The maximum absolute atomic E-state index is 13.6. The highest BCUT2D eigenvalue weighted by atomic mass is 16.5. The minimum Gasteiger partial charge on any atom is -0.495 e. The molecule has 0 spiro atoms. The van der Waals surface area contributed by atoms with Gasteiger partial charge in [0.1, 0.15) is 11.5 Å². The van der Waals surface area contributed by atoms with Gasteiger partial charge in [0.05, 0.1) is 31.9 Å². The molecule has 1 saturated carbocycles. The molecule has 0 unspecified atom stereocenters. The molecule has 0 radical (unpaired) electrons. The number of anilines is 1. The number of amides is 3. The third kappa shape index (κ3) is 5.14. The van der Waals surface area contributed by atoms with Crippen molar-refractivity contribution in [3.05, 3.63) is 72.6 Å². The summed E-state index contributed by atoms with van der Waals surface area (Å²) in [6, 6.07) is 12.2. The molecule has 0 aliphatic heterocycles. The highest BCUT2D eigenvalue weighted by Gasteiger charge is 2.37. The summed E-state index contributed by atoms with van der Waals surface area (Å²) < 4.78 is 16.2. The smallest absolute Gasteiger partial charge is 0.287 e. The van der Waals surface area contributed by atoms with Crippen LogP contribution in [0, 0.1) is 0 Å². The van der Waals surface area contributed by atoms with Crippen molar-refractivity contribution in [3.63, 3.8) is 0 Å². The van der Waals surface area contributed by atoms with E-state index in [1.807, 2.05) is 0 Å². The molecule has 2 aromatic heterocycles. The molecule has 0 saturated heterocycles. The third-order valence-electron chi connectivity index (χ3n) is 5.78. The number of methoxy groups -OCH3 is 1. The summed E-state index contributed by atoms with van der Waals surface area (Å²) in [6.45, 7) is -0.370. The normalized spacial score (nSPS) is 14.4. The Labute approximate surface area is 197 Å². The van der Waals surface area contributed by atoms with E-state index in [1.54, 1.807) is 42.5 Å². The van der Waals surface area contributed by atoms with Crippen LogP contribution in [-0.2, 0) is 9.59 Å². The van der Waals surface area contributed by atoms with Gasteiger partial charge < -0.3 is 24.2 Å². The Morgan fingerprint density at radius 3 is 2.44 bits per heavy atom. The summed E-state index contributed by atoms with van der Waals surface area (Å²) in [4.78, 5) is 40.8. The molecule has 34 heavy (non-hydrogen) atoms. The number of carbonyl (C=O) groups excluding carboxylic acids is 3. The first-order valence-corrected chi connectivity index (χ1v) is 11.2. The molecule has 3 amide bonds. The van der Waals surface area contributed by atoms with Crippen LogP contribution in [-0.4, -0.2) is 37.4 Å². The number of nitrogens with one attached hydrogen (secondary N) is 2. The Morgan fingerprint density at radius 1 is 1.03 bits per heavy atom. The second-order valence-electron chi connectivity index (χ2n) is 8.00. The minimum absolute atomic E-state index is 0.0400. The van der Waals surface area contributed by atoms with E-state index in [0.29, 0.717) is 17.2 Å². The van der Waals surface area contributed by atoms with E-state index in [-0.39, 0.29) is 24.3 Å². The van der Waals surface area contributed by atoms with E-state index < -0.39 is 17.9 Å². The lowest BCUT2D eigenvalue weighted by Gasteiger charge is -2.31. The fraction of sp³-hybridized carbons (Fsp3) is 0.320. The molecular formula is C25H27N3O6. The van der Waals surface area contributed by atoms with Crippen LogP contribution in [0.3, 0.4) is 0 Å². The van der Waals surface area contributed by atoms with Crippen molar-refractivity contribution in [1.82, 2.24) is 10.6 Å². The number of benzene rings is 1. The molecule has 1 aliphatic carbocycles. The number of carbonyl (C=O) groups is 3. The first-order chi connectivity index (χ1) is 16.6. The highest BCUT2D eigenvalue weighted by Crippen LogP contribution is 2.35. The molecule has 9 heteroatoms. The van der Waals surface area contributed by atoms with E-state index in [1.165, 1.54) is 30.6 Å². The van der Waals surface area contributed by atoms with E-state index >= 15 is 0 Å². The van der Waals surface area contributed by atoms with Crippen molar-refractivity contribution in [1.29, 1.82) is 0 Å². The van der Waals surface area contributed by atoms with Crippen LogP contribution in [0.1, 0.15) is 48.0 Å². The zero-order valence-corrected chi connectivity index (χ0v) is 18.9. The Hall–Kier alpha value is -4.01. The zero-order chi connectivity index (χ0) is 23.9. The van der Waals surface area contributed by atoms with Gasteiger partial charge in [0.2, 0.25) is 5.91 Å². The van der Waals surface area contributed by atoms with E-state index in [2.05, 4.69) is 10.6 Å².